The zero-order valence-corrected chi connectivity index (χ0v) is 10.3. The van der Waals surface area contributed by atoms with Crippen LogP contribution in [-0.4, -0.2) is 38.7 Å². The molecule has 1 aliphatic heterocycles. The van der Waals surface area contributed by atoms with Gasteiger partial charge in [0.05, 0.1) is 31.9 Å². The van der Waals surface area contributed by atoms with Crippen molar-refractivity contribution >= 4 is 17.4 Å². The number of Topliss-reactive ketones (excluding diaryl/α,β-unsaturated/α-hetero) is 1. The second kappa shape index (κ2) is 5.49. The minimum absolute atomic E-state index is 0.0518. The zero-order valence-electron chi connectivity index (χ0n) is 9.53. The van der Waals surface area contributed by atoms with Gasteiger partial charge in [0.2, 0.25) is 0 Å². The molecule has 0 bridgehead atoms. The van der Waals surface area contributed by atoms with Gasteiger partial charge in [-0.15, -0.1) is 0 Å². The van der Waals surface area contributed by atoms with Crippen molar-refractivity contribution in [3.8, 4) is 5.75 Å². The predicted molar refractivity (Wildman–Crippen MR) is 64.9 cm³/mol. The number of rotatable bonds is 3. The van der Waals surface area contributed by atoms with Crippen molar-refractivity contribution in [2.45, 2.75) is 6.04 Å². The number of ketones is 1. The van der Waals surface area contributed by atoms with Gasteiger partial charge in [0.1, 0.15) is 5.75 Å². The molecule has 92 valence electrons. The monoisotopic (exact) mass is 255 g/mol. The number of methoxy groups -OCH3 is 1. The van der Waals surface area contributed by atoms with E-state index in [1.165, 1.54) is 7.11 Å². The predicted octanol–water partition coefficient (Wildman–Crippen LogP) is 1.52. The van der Waals surface area contributed by atoms with Gasteiger partial charge in [0.25, 0.3) is 0 Å². The van der Waals surface area contributed by atoms with Crippen LogP contribution in [0.3, 0.4) is 0 Å². The van der Waals surface area contributed by atoms with Gasteiger partial charge < -0.3 is 14.8 Å². The molecule has 17 heavy (non-hydrogen) atoms. The summed E-state index contributed by atoms with van der Waals surface area (Å²) < 4.78 is 10.4. The lowest BCUT2D eigenvalue weighted by atomic mass is 10.0. The number of nitrogens with one attached hydrogen (secondary N) is 1. The number of halogens is 1. The molecule has 5 heteroatoms. The Morgan fingerprint density at radius 2 is 2.41 bits per heavy atom. The molecular formula is C12H14ClNO3. The average Bonchev–Trinajstić information content (AvgIpc) is 2.39. The summed E-state index contributed by atoms with van der Waals surface area (Å²) >= 11 is 5.90. The summed E-state index contributed by atoms with van der Waals surface area (Å²) in [5.74, 6) is 0.482. The summed E-state index contributed by atoms with van der Waals surface area (Å²) in [5.41, 5.74) is 0.489. The van der Waals surface area contributed by atoms with Crippen molar-refractivity contribution in [2.24, 2.45) is 0 Å². The number of hydrogen-bond donors (Lipinski definition) is 1. The minimum atomic E-state index is -0.323. The van der Waals surface area contributed by atoms with Gasteiger partial charge >= 0.3 is 0 Å². The molecule has 0 spiro atoms. The van der Waals surface area contributed by atoms with Crippen molar-refractivity contribution in [3.05, 3.63) is 28.8 Å². The quantitative estimate of drug-likeness (QED) is 0.832. The fourth-order valence-electron chi connectivity index (χ4n) is 1.79. The second-order valence-corrected chi connectivity index (χ2v) is 4.23. The van der Waals surface area contributed by atoms with Crippen LogP contribution in [0.4, 0.5) is 0 Å². The number of hydrogen-bond acceptors (Lipinski definition) is 4. The molecule has 2 rings (SSSR count). The molecule has 1 N–H and O–H groups in total. The zero-order chi connectivity index (χ0) is 12.3. The van der Waals surface area contributed by atoms with E-state index in [9.17, 15) is 4.79 Å². The van der Waals surface area contributed by atoms with Crippen molar-refractivity contribution in [1.82, 2.24) is 5.32 Å². The summed E-state index contributed by atoms with van der Waals surface area (Å²) in [6.45, 7) is 1.70. The third kappa shape index (κ3) is 2.77. The molecule has 1 unspecified atom stereocenters. The highest BCUT2D eigenvalue weighted by atomic mass is 35.5. The molecule has 0 amide bonds. The first-order valence-corrected chi connectivity index (χ1v) is 5.79. The van der Waals surface area contributed by atoms with Crippen LogP contribution >= 0.6 is 11.6 Å². The third-order valence-electron chi connectivity index (χ3n) is 2.67. The maximum Gasteiger partial charge on any atom is 0.185 e. The normalized spacial score (nSPS) is 20.0. The van der Waals surface area contributed by atoms with E-state index in [4.69, 9.17) is 21.1 Å². The first kappa shape index (κ1) is 12.4. The Kier molecular flexibility index (Phi) is 3.99. The maximum absolute atomic E-state index is 12.3. The van der Waals surface area contributed by atoms with Crippen molar-refractivity contribution < 1.29 is 14.3 Å². The summed E-state index contributed by atoms with van der Waals surface area (Å²) in [5, 5.41) is 3.63. The van der Waals surface area contributed by atoms with E-state index in [-0.39, 0.29) is 11.8 Å². The van der Waals surface area contributed by atoms with Crippen LogP contribution in [0.15, 0.2) is 18.2 Å². The van der Waals surface area contributed by atoms with Crippen molar-refractivity contribution in [1.29, 1.82) is 0 Å². The van der Waals surface area contributed by atoms with Crippen molar-refractivity contribution in [3.63, 3.8) is 0 Å². The molecular weight excluding hydrogens is 242 g/mol. The molecule has 1 atom stereocenters. The molecule has 1 aromatic carbocycles. The summed E-state index contributed by atoms with van der Waals surface area (Å²) in [6.07, 6.45) is 0. The third-order valence-corrected chi connectivity index (χ3v) is 2.90. The summed E-state index contributed by atoms with van der Waals surface area (Å²) in [7, 11) is 1.53. The second-order valence-electron chi connectivity index (χ2n) is 3.79. The number of morpholine rings is 1. The highest BCUT2D eigenvalue weighted by molar-refractivity contribution is 6.31. The standard InChI is InChI=1S/C12H14ClNO3/c1-16-11-3-2-8(13)6-9(11)12(15)10-7-17-5-4-14-10/h2-3,6,10,14H,4-5,7H2,1H3. The van der Waals surface area contributed by atoms with Crippen LogP contribution in [0.2, 0.25) is 5.02 Å². The van der Waals surface area contributed by atoms with E-state index in [1.807, 2.05) is 0 Å². The summed E-state index contributed by atoms with van der Waals surface area (Å²) in [4.78, 5) is 12.3. The van der Waals surface area contributed by atoms with E-state index in [2.05, 4.69) is 5.32 Å². The molecule has 1 aromatic rings. The SMILES string of the molecule is COc1ccc(Cl)cc1C(=O)C1COCCN1. The van der Waals surface area contributed by atoms with E-state index in [0.717, 1.165) is 0 Å². The van der Waals surface area contributed by atoms with Crippen LogP contribution in [0.25, 0.3) is 0 Å². The molecule has 0 aromatic heterocycles. The molecule has 0 radical (unpaired) electrons. The lowest BCUT2D eigenvalue weighted by molar-refractivity contribution is 0.0605. The topological polar surface area (TPSA) is 47.6 Å². The molecule has 0 saturated carbocycles. The Labute approximate surface area is 105 Å². The maximum atomic E-state index is 12.3. The Balaban J connectivity index is 2.25. The first-order valence-electron chi connectivity index (χ1n) is 5.41. The van der Waals surface area contributed by atoms with Crippen LogP contribution in [-0.2, 0) is 4.74 Å². The van der Waals surface area contributed by atoms with Gasteiger partial charge in [-0.3, -0.25) is 4.79 Å². The smallest absolute Gasteiger partial charge is 0.185 e. The fourth-order valence-corrected chi connectivity index (χ4v) is 1.97. The van der Waals surface area contributed by atoms with Crippen LogP contribution in [0.5, 0.6) is 5.75 Å². The van der Waals surface area contributed by atoms with Gasteiger partial charge in [-0.25, -0.2) is 0 Å². The number of benzene rings is 1. The van der Waals surface area contributed by atoms with E-state index in [0.29, 0.717) is 36.1 Å². The van der Waals surface area contributed by atoms with Gasteiger partial charge in [-0.2, -0.15) is 0 Å². The van der Waals surface area contributed by atoms with Gasteiger partial charge in [-0.05, 0) is 18.2 Å². The number of carbonyl (C=O) groups is 1. The molecule has 0 aliphatic carbocycles. The molecule has 1 heterocycles. The van der Waals surface area contributed by atoms with Gasteiger partial charge in [0, 0.05) is 11.6 Å². The van der Waals surface area contributed by atoms with Crippen LogP contribution in [0.1, 0.15) is 10.4 Å². The van der Waals surface area contributed by atoms with E-state index in [1.54, 1.807) is 18.2 Å². The van der Waals surface area contributed by atoms with E-state index >= 15 is 0 Å². The molecule has 1 aliphatic rings. The average molecular weight is 256 g/mol. The molecule has 1 fully saturated rings. The minimum Gasteiger partial charge on any atom is -0.496 e. The van der Waals surface area contributed by atoms with Crippen molar-refractivity contribution in [2.75, 3.05) is 26.9 Å². The lowest BCUT2D eigenvalue weighted by Gasteiger charge is -2.23. The van der Waals surface area contributed by atoms with Crippen LogP contribution < -0.4 is 10.1 Å². The fraction of sp³-hybridized carbons (Fsp3) is 0.417. The largest absolute Gasteiger partial charge is 0.496 e. The Bertz CT molecular complexity index is 416. The molecule has 1 saturated heterocycles. The Morgan fingerprint density at radius 3 is 3.06 bits per heavy atom. The number of carbonyl (C=O) groups excluding carboxylic acids is 1. The lowest BCUT2D eigenvalue weighted by Crippen LogP contribution is -2.46. The highest BCUT2D eigenvalue weighted by Gasteiger charge is 2.25. The Hall–Kier alpha value is -1.10. The van der Waals surface area contributed by atoms with Gasteiger partial charge in [-0.1, -0.05) is 11.6 Å². The number of ether oxygens (including phenoxy) is 2. The Morgan fingerprint density at radius 1 is 1.59 bits per heavy atom. The van der Waals surface area contributed by atoms with Gasteiger partial charge in [0.15, 0.2) is 5.78 Å². The highest BCUT2D eigenvalue weighted by Crippen LogP contribution is 2.24. The first-order chi connectivity index (χ1) is 8.22. The molecule has 4 nitrogen and oxygen atoms in total. The van der Waals surface area contributed by atoms with E-state index < -0.39 is 0 Å². The van der Waals surface area contributed by atoms with Crippen LogP contribution in [0, 0.1) is 0 Å². The summed E-state index contributed by atoms with van der Waals surface area (Å²) in [6, 6.07) is 4.69.